The van der Waals surface area contributed by atoms with Crippen LogP contribution in [-0.4, -0.2) is 17.2 Å². The van der Waals surface area contributed by atoms with Gasteiger partial charge in [0, 0.05) is 18.1 Å². The standard InChI is InChI=1S/C14H14N4O/c1-11-4-2-3-5-13(11)17-14(19)18-16-10-12-6-8-15-9-7-12/h2-10H,1H3,(H2,17,18,19)/b16-10-. The monoisotopic (exact) mass is 254 g/mol. The van der Waals surface area contributed by atoms with Crippen molar-refractivity contribution in [3.8, 4) is 0 Å². The molecule has 5 heteroatoms. The predicted octanol–water partition coefficient (Wildman–Crippen LogP) is 2.55. The third-order valence-electron chi connectivity index (χ3n) is 2.48. The summed E-state index contributed by atoms with van der Waals surface area (Å²) in [4.78, 5) is 15.5. The van der Waals surface area contributed by atoms with Gasteiger partial charge < -0.3 is 5.32 Å². The van der Waals surface area contributed by atoms with E-state index in [-0.39, 0.29) is 6.03 Å². The van der Waals surface area contributed by atoms with Gasteiger partial charge in [-0.15, -0.1) is 0 Å². The van der Waals surface area contributed by atoms with Gasteiger partial charge in [0.15, 0.2) is 0 Å². The minimum absolute atomic E-state index is 0.375. The van der Waals surface area contributed by atoms with Crippen molar-refractivity contribution in [3.63, 3.8) is 0 Å². The number of rotatable bonds is 3. The molecule has 0 aliphatic rings. The first-order valence-electron chi connectivity index (χ1n) is 5.81. The van der Waals surface area contributed by atoms with E-state index >= 15 is 0 Å². The van der Waals surface area contributed by atoms with Crippen molar-refractivity contribution in [1.82, 2.24) is 10.4 Å². The van der Waals surface area contributed by atoms with Gasteiger partial charge >= 0.3 is 6.03 Å². The van der Waals surface area contributed by atoms with Gasteiger partial charge in [-0.05, 0) is 36.2 Å². The molecule has 2 rings (SSSR count). The van der Waals surface area contributed by atoms with Crippen LogP contribution in [0, 0.1) is 6.92 Å². The fraction of sp³-hybridized carbons (Fsp3) is 0.0714. The molecule has 0 spiro atoms. The molecule has 19 heavy (non-hydrogen) atoms. The Balaban J connectivity index is 1.89. The molecule has 2 amide bonds. The molecule has 0 saturated heterocycles. The molecule has 1 aromatic carbocycles. The second kappa shape index (κ2) is 6.30. The molecule has 0 bridgehead atoms. The number of para-hydroxylation sites is 1. The van der Waals surface area contributed by atoms with Crippen molar-refractivity contribution in [1.29, 1.82) is 0 Å². The topological polar surface area (TPSA) is 66.4 Å². The lowest BCUT2D eigenvalue weighted by Crippen LogP contribution is -2.24. The Kier molecular flexibility index (Phi) is 4.23. The van der Waals surface area contributed by atoms with E-state index in [4.69, 9.17) is 0 Å². The average molecular weight is 254 g/mol. The van der Waals surface area contributed by atoms with Gasteiger partial charge in [0.25, 0.3) is 0 Å². The number of pyridine rings is 1. The summed E-state index contributed by atoms with van der Waals surface area (Å²) in [6, 6.07) is 10.8. The fourth-order valence-corrected chi connectivity index (χ4v) is 1.48. The fourth-order valence-electron chi connectivity index (χ4n) is 1.48. The van der Waals surface area contributed by atoms with Crippen LogP contribution in [-0.2, 0) is 0 Å². The number of benzene rings is 1. The maximum absolute atomic E-state index is 11.6. The lowest BCUT2D eigenvalue weighted by atomic mass is 10.2. The lowest BCUT2D eigenvalue weighted by Gasteiger charge is -2.06. The molecule has 96 valence electrons. The summed E-state index contributed by atoms with van der Waals surface area (Å²) < 4.78 is 0. The van der Waals surface area contributed by atoms with E-state index in [1.165, 1.54) is 0 Å². The van der Waals surface area contributed by atoms with Gasteiger partial charge in [-0.2, -0.15) is 5.10 Å². The Morgan fingerprint density at radius 2 is 1.95 bits per heavy atom. The van der Waals surface area contributed by atoms with E-state index in [2.05, 4.69) is 20.8 Å². The second-order valence-corrected chi connectivity index (χ2v) is 3.92. The second-order valence-electron chi connectivity index (χ2n) is 3.92. The van der Waals surface area contributed by atoms with E-state index in [1.54, 1.807) is 30.7 Å². The molecule has 0 unspecified atom stereocenters. The number of hydrazone groups is 1. The maximum atomic E-state index is 11.6. The van der Waals surface area contributed by atoms with Crippen LogP contribution in [0.25, 0.3) is 0 Å². The lowest BCUT2D eigenvalue weighted by molar-refractivity contribution is 0.252. The summed E-state index contributed by atoms with van der Waals surface area (Å²) in [6.45, 7) is 1.93. The third kappa shape index (κ3) is 3.92. The first-order valence-corrected chi connectivity index (χ1v) is 5.81. The number of nitrogens with zero attached hydrogens (tertiary/aromatic N) is 2. The number of aromatic nitrogens is 1. The molecule has 0 fully saturated rings. The van der Waals surface area contributed by atoms with Crippen molar-refractivity contribution in [3.05, 3.63) is 59.9 Å². The van der Waals surface area contributed by atoms with Crippen LogP contribution in [0.4, 0.5) is 10.5 Å². The van der Waals surface area contributed by atoms with E-state index in [9.17, 15) is 4.79 Å². The molecule has 1 heterocycles. The van der Waals surface area contributed by atoms with Crippen LogP contribution < -0.4 is 10.7 Å². The van der Waals surface area contributed by atoms with Crippen molar-refractivity contribution in [2.24, 2.45) is 5.10 Å². The first kappa shape index (κ1) is 12.8. The van der Waals surface area contributed by atoms with Gasteiger partial charge in [-0.25, -0.2) is 10.2 Å². The van der Waals surface area contributed by atoms with Crippen LogP contribution in [0.15, 0.2) is 53.9 Å². The Hall–Kier alpha value is -2.69. The summed E-state index contributed by atoms with van der Waals surface area (Å²) >= 11 is 0. The molecule has 0 radical (unpaired) electrons. The quantitative estimate of drug-likeness (QED) is 0.653. The predicted molar refractivity (Wildman–Crippen MR) is 75.2 cm³/mol. The van der Waals surface area contributed by atoms with Gasteiger partial charge in [0.2, 0.25) is 0 Å². The molecule has 2 N–H and O–H groups in total. The van der Waals surface area contributed by atoms with Crippen LogP contribution >= 0.6 is 0 Å². The summed E-state index contributed by atoms with van der Waals surface area (Å²) in [7, 11) is 0. The Morgan fingerprint density at radius 3 is 2.68 bits per heavy atom. The van der Waals surface area contributed by atoms with Crippen molar-refractivity contribution >= 4 is 17.9 Å². The summed E-state index contributed by atoms with van der Waals surface area (Å²) in [5.74, 6) is 0. The number of anilines is 1. The zero-order chi connectivity index (χ0) is 13.5. The highest BCUT2D eigenvalue weighted by atomic mass is 16.2. The van der Waals surface area contributed by atoms with Gasteiger partial charge in [0.1, 0.15) is 0 Å². The average Bonchev–Trinajstić information content (AvgIpc) is 2.43. The minimum Gasteiger partial charge on any atom is -0.306 e. The van der Waals surface area contributed by atoms with E-state index in [1.807, 2.05) is 31.2 Å². The van der Waals surface area contributed by atoms with Gasteiger partial charge in [-0.1, -0.05) is 18.2 Å². The molecule has 0 aliphatic carbocycles. The number of nitrogens with one attached hydrogen (secondary N) is 2. The van der Waals surface area contributed by atoms with E-state index in [0.29, 0.717) is 0 Å². The number of aryl methyl sites for hydroxylation is 1. The van der Waals surface area contributed by atoms with Crippen LogP contribution in [0.1, 0.15) is 11.1 Å². The zero-order valence-corrected chi connectivity index (χ0v) is 10.5. The zero-order valence-electron chi connectivity index (χ0n) is 10.5. The maximum Gasteiger partial charge on any atom is 0.339 e. The highest BCUT2D eigenvalue weighted by Crippen LogP contribution is 2.12. The first-order chi connectivity index (χ1) is 9.25. The van der Waals surface area contributed by atoms with Crippen molar-refractivity contribution < 1.29 is 4.79 Å². The summed E-state index contributed by atoms with van der Waals surface area (Å²) in [5, 5.41) is 6.57. The third-order valence-corrected chi connectivity index (χ3v) is 2.48. The highest BCUT2D eigenvalue weighted by Gasteiger charge is 2.01. The van der Waals surface area contributed by atoms with Crippen molar-refractivity contribution in [2.45, 2.75) is 6.92 Å². The normalized spacial score (nSPS) is 10.4. The van der Waals surface area contributed by atoms with Crippen LogP contribution in [0.3, 0.4) is 0 Å². The summed E-state index contributed by atoms with van der Waals surface area (Å²) in [5.41, 5.74) is 5.03. The number of hydrogen-bond donors (Lipinski definition) is 2. The van der Waals surface area contributed by atoms with E-state index in [0.717, 1.165) is 16.8 Å². The molecule has 0 atom stereocenters. The van der Waals surface area contributed by atoms with Gasteiger partial charge in [-0.3, -0.25) is 4.98 Å². The molecule has 0 aliphatic heterocycles. The Labute approximate surface area is 111 Å². The summed E-state index contributed by atoms with van der Waals surface area (Å²) in [6.07, 6.45) is 4.88. The largest absolute Gasteiger partial charge is 0.339 e. The molecule has 2 aromatic rings. The Morgan fingerprint density at radius 1 is 1.21 bits per heavy atom. The van der Waals surface area contributed by atoms with Crippen LogP contribution in [0.5, 0.6) is 0 Å². The molecule has 5 nitrogen and oxygen atoms in total. The van der Waals surface area contributed by atoms with Crippen LogP contribution in [0.2, 0.25) is 0 Å². The van der Waals surface area contributed by atoms with Crippen molar-refractivity contribution in [2.75, 3.05) is 5.32 Å². The smallest absolute Gasteiger partial charge is 0.306 e. The highest BCUT2D eigenvalue weighted by molar-refractivity contribution is 5.91. The number of carbonyl (C=O) groups excluding carboxylic acids is 1. The molecular formula is C14H14N4O. The van der Waals surface area contributed by atoms with Gasteiger partial charge in [0.05, 0.1) is 6.21 Å². The number of hydrogen-bond acceptors (Lipinski definition) is 3. The molecular weight excluding hydrogens is 240 g/mol. The number of urea groups is 1. The Bertz CT molecular complexity index is 581. The van der Waals surface area contributed by atoms with E-state index < -0.39 is 0 Å². The molecule has 0 saturated carbocycles. The molecule has 1 aromatic heterocycles. The SMILES string of the molecule is Cc1ccccc1NC(=O)N/N=C\c1ccncc1. The number of amides is 2. The minimum atomic E-state index is -0.375. The number of carbonyl (C=O) groups is 1.